The summed E-state index contributed by atoms with van der Waals surface area (Å²) in [5.74, 6) is 1.36. The molecule has 1 heterocycles. The third kappa shape index (κ3) is 9.74. The molecule has 0 saturated carbocycles. The van der Waals surface area contributed by atoms with Crippen molar-refractivity contribution in [1.29, 1.82) is 0 Å². The molecule has 7 heteroatoms. The normalized spacial score (nSPS) is 17.8. The lowest BCUT2D eigenvalue weighted by molar-refractivity contribution is -0.00841. The summed E-state index contributed by atoms with van der Waals surface area (Å²) in [4.78, 5) is 0. The minimum Gasteiger partial charge on any atom is -0.487 e. The number of fused-ring (bicyclic) bond motifs is 1. The van der Waals surface area contributed by atoms with Crippen molar-refractivity contribution in [2.75, 3.05) is 73.2 Å². The molecule has 0 fully saturated rings. The number of rotatable bonds is 1. The Labute approximate surface area is 155 Å². The number of aliphatic hydroxyl groups excluding tert-OH is 1. The topological polar surface area (TPSA) is 75.6 Å². The predicted molar refractivity (Wildman–Crippen MR) is 98.9 cm³/mol. The third-order valence-electron chi connectivity index (χ3n) is 3.29. The average Bonchev–Trinajstić information content (AvgIpc) is 2.69. The molecule has 1 N–H and O–H groups in total. The molecule has 0 amide bonds. The first-order valence-electron chi connectivity index (χ1n) is 8.68. The van der Waals surface area contributed by atoms with E-state index in [-0.39, 0.29) is 0 Å². The van der Waals surface area contributed by atoms with Crippen LogP contribution in [0.1, 0.15) is 5.56 Å². The Balaban J connectivity index is 0.00000163. The van der Waals surface area contributed by atoms with E-state index in [4.69, 9.17) is 33.5 Å². The standard InChI is InChI=1S/C18H26O6.CH4O/c1-2-16-3-4-17-18(15-16)24-14-12-22-10-8-20-6-5-19-7-9-21-11-13-23-17;1-2/h2-4,15H,1,5-14H2;2H,1H3. The Morgan fingerprint density at radius 2 is 1.12 bits per heavy atom. The molecular formula is C19H30O7. The van der Waals surface area contributed by atoms with Crippen molar-refractivity contribution in [1.82, 2.24) is 0 Å². The highest BCUT2D eigenvalue weighted by molar-refractivity contribution is 5.54. The van der Waals surface area contributed by atoms with Crippen LogP contribution in [-0.2, 0) is 18.9 Å². The van der Waals surface area contributed by atoms with Crippen molar-refractivity contribution in [2.45, 2.75) is 0 Å². The van der Waals surface area contributed by atoms with Crippen molar-refractivity contribution in [3.05, 3.63) is 30.3 Å². The smallest absolute Gasteiger partial charge is 0.161 e. The van der Waals surface area contributed by atoms with Crippen LogP contribution in [0, 0.1) is 0 Å². The largest absolute Gasteiger partial charge is 0.487 e. The summed E-state index contributed by atoms with van der Waals surface area (Å²) in [6.07, 6.45) is 1.77. The van der Waals surface area contributed by atoms with E-state index in [1.54, 1.807) is 6.08 Å². The number of ether oxygens (including phenoxy) is 6. The van der Waals surface area contributed by atoms with E-state index >= 15 is 0 Å². The highest BCUT2D eigenvalue weighted by Gasteiger charge is 2.06. The van der Waals surface area contributed by atoms with Gasteiger partial charge in [-0.2, -0.15) is 0 Å². The molecule has 7 nitrogen and oxygen atoms in total. The van der Waals surface area contributed by atoms with E-state index in [1.165, 1.54) is 0 Å². The second kappa shape index (κ2) is 15.6. The van der Waals surface area contributed by atoms with Crippen LogP contribution in [0.3, 0.4) is 0 Å². The molecule has 0 aliphatic carbocycles. The zero-order chi connectivity index (χ0) is 18.9. The third-order valence-corrected chi connectivity index (χ3v) is 3.29. The highest BCUT2D eigenvalue weighted by Crippen LogP contribution is 2.28. The molecule has 2 rings (SSSR count). The van der Waals surface area contributed by atoms with Crippen molar-refractivity contribution in [2.24, 2.45) is 0 Å². The van der Waals surface area contributed by atoms with Gasteiger partial charge in [-0.3, -0.25) is 0 Å². The first-order valence-corrected chi connectivity index (χ1v) is 8.68. The Kier molecular flexibility index (Phi) is 13.4. The second-order valence-corrected chi connectivity index (χ2v) is 5.06. The molecule has 0 aromatic heterocycles. The monoisotopic (exact) mass is 370 g/mol. The van der Waals surface area contributed by atoms with E-state index in [0.29, 0.717) is 77.6 Å². The minimum absolute atomic E-state index is 0.441. The Bertz CT molecular complexity index is 479. The molecule has 148 valence electrons. The molecule has 0 spiro atoms. The number of benzene rings is 1. The zero-order valence-corrected chi connectivity index (χ0v) is 15.5. The average molecular weight is 370 g/mol. The summed E-state index contributed by atoms with van der Waals surface area (Å²) in [6.45, 7) is 8.90. The predicted octanol–water partition coefficient (Wildman–Crippen LogP) is 1.78. The van der Waals surface area contributed by atoms with Crippen LogP contribution >= 0.6 is 0 Å². The lowest BCUT2D eigenvalue weighted by atomic mass is 10.2. The fourth-order valence-corrected chi connectivity index (χ4v) is 2.07. The van der Waals surface area contributed by atoms with Crippen molar-refractivity contribution < 1.29 is 33.5 Å². The van der Waals surface area contributed by atoms with Gasteiger partial charge in [-0.1, -0.05) is 18.7 Å². The molecule has 0 radical (unpaired) electrons. The summed E-state index contributed by atoms with van der Waals surface area (Å²) in [7, 11) is 1.00. The van der Waals surface area contributed by atoms with E-state index in [9.17, 15) is 0 Å². The molecule has 26 heavy (non-hydrogen) atoms. The fraction of sp³-hybridized carbons (Fsp3) is 0.579. The van der Waals surface area contributed by atoms with Crippen LogP contribution in [0.4, 0.5) is 0 Å². The second-order valence-electron chi connectivity index (χ2n) is 5.06. The lowest BCUT2D eigenvalue weighted by Crippen LogP contribution is -2.16. The minimum atomic E-state index is 0.441. The maximum Gasteiger partial charge on any atom is 0.161 e. The maximum atomic E-state index is 7.00. The highest BCUT2D eigenvalue weighted by atomic mass is 16.6. The quantitative estimate of drug-likeness (QED) is 0.807. The van der Waals surface area contributed by atoms with Crippen LogP contribution in [-0.4, -0.2) is 78.3 Å². The lowest BCUT2D eigenvalue weighted by Gasteiger charge is -2.14. The molecule has 0 atom stereocenters. The van der Waals surface area contributed by atoms with Gasteiger partial charge in [-0.15, -0.1) is 0 Å². The van der Waals surface area contributed by atoms with Gasteiger partial charge in [0.15, 0.2) is 11.5 Å². The van der Waals surface area contributed by atoms with Gasteiger partial charge < -0.3 is 33.5 Å². The van der Waals surface area contributed by atoms with Crippen molar-refractivity contribution >= 4 is 6.08 Å². The van der Waals surface area contributed by atoms with Crippen LogP contribution in [0.2, 0.25) is 0 Å². The summed E-state index contributed by atoms with van der Waals surface area (Å²) < 4.78 is 33.3. The fourth-order valence-electron chi connectivity index (χ4n) is 2.07. The van der Waals surface area contributed by atoms with E-state index in [2.05, 4.69) is 6.58 Å². The Hall–Kier alpha value is -1.64. The summed E-state index contributed by atoms with van der Waals surface area (Å²) in [5, 5.41) is 7.00. The van der Waals surface area contributed by atoms with Gasteiger partial charge in [0, 0.05) is 7.11 Å². The summed E-state index contributed by atoms with van der Waals surface area (Å²) in [5.41, 5.74) is 0.974. The number of aliphatic hydroxyl groups is 1. The van der Waals surface area contributed by atoms with Gasteiger partial charge in [-0.25, -0.2) is 0 Å². The molecule has 1 aromatic carbocycles. The van der Waals surface area contributed by atoms with Crippen LogP contribution in [0.5, 0.6) is 11.5 Å². The van der Waals surface area contributed by atoms with E-state index < -0.39 is 0 Å². The Morgan fingerprint density at radius 1 is 0.692 bits per heavy atom. The molecular weight excluding hydrogens is 340 g/mol. The van der Waals surface area contributed by atoms with Gasteiger partial charge in [0.25, 0.3) is 0 Å². The molecule has 1 aliphatic rings. The van der Waals surface area contributed by atoms with Crippen LogP contribution in [0.25, 0.3) is 6.08 Å². The van der Waals surface area contributed by atoms with E-state index in [1.807, 2.05) is 18.2 Å². The maximum absolute atomic E-state index is 7.00. The summed E-state index contributed by atoms with van der Waals surface area (Å²) in [6, 6.07) is 5.71. The molecule has 1 aliphatic heterocycles. The molecule has 1 aromatic rings. The number of hydrogen-bond acceptors (Lipinski definition) is 7. The zero-order valence-electron chi connectivity index (χ0n) is 15.5. The van der Waals surface area contributed by atoms with Crippen molar-refractivity contribution in [3.8, 4) is 11.5 Å². The van der Waals surface area contributed by atoms with Gasteiger partial charge in [0.05, 0.1) is 52.9 Å². The van der Waals surface area contributed by atoms with Gasteiger partial charge in [0.2, 0.25) is 0 Å². The first kappa shape index (κ1) is 22.4. The number of hydrogen-bond donors (Lipinski definition) is 1. The van der Waals surface area contributed by atoms with Crippen LogP contribution in [0.15, 0.2) is 24.8 Å². The SMILES string of the molecule is C=Cc1ccc2c(c1)OCCOCCOCCOCCOCCO2.CO. The molecule has 0 unspecified atom stereocenters. The first-order chi connectivity index (χ1) is 12.9. The van der Waals surface area contributed by atoms with Gasteiger partial charge in [0.1, 0.15) is 13.2 Å². The Morgan fingerprint density at radius 3 is 1.58 bits per heavy atom. The molecule has 0 saturated heterocycles. The van der Waals surface area contributed by atoms with Gasteiger partial charge in [-0.05, 0) is 17.7 Å². The van der Waals surface area contributed by atoms with Gasteiger partial charge >= 0.3 is 0 Å². The molecule has 0 bridgehead atoms. The van der Waals surface area contributed by atoms with Crippen molar-refractivity contribution in [3.63, 3.8) is 0 Å². The summed E-state index contributed by atoms with van der Waals surface area (Å²) >= 11 is 0. The van der Waals surface area contributed by atoms with E-state index in [0.717, 1.165) is 12.7 Å². The van der Waals surface area contributed by atoms with Crippen LogP contribution < -0.4 is 9.47 Å².